The summed E-state index contributed by atoms with van der Waals surface area (Å²) in [6, 6.07) is 7.99. The minimum absolute atomic E-state index is 0.215. The average molecular weight is 411 g/mol. The summed E-state index contributed by atoms with van der Waals surface area (Å²) in [5.41, 5.74) is 5.03. The van der Waals surface area contributed by atoms with Crippen LogP contribution in [0.4, 0.5) is 4.39 Å². The molecule has 6 nitrogen and oxygen atoms in total. The van der Waals surface area contributed by atoms with Crippen molar-refractivity contribution in [2.45, 2.75) is 6.92 Å². The zero-order chi connectivity index (χ0) is 18.4. The van der Waals surface area contributed by atoms with E-state index in [0.717, 1.165) is 12.1 Å². The normalized spacial score (nSPS) is 10.1. The smallest absolute Gasteiger partial charge is 0.269 e. The Morgan fingerprint density at radius 2 is 1.68 bits per heavy atom. The largest absolute Gasteiger partial charge is 0.493 e. The molecule has 132 valence electrons. The summed E-state index contributed by atoms with van der Waals surface area (Å²) in [5.74, 6) is -0.696. The number of amides is 2. The number of carbonyl (C=O) groups is 2. The number of nitrogens with one attached hydrogen (secondary N) is 2. The molecule has 0 unspecified atom stereocenters. The molecule has 0 spiro atoms. The number of hydrogen-bond acceptors (Lipinski definition) is 4. The van der Waals surface area contributed by atoms with Gasteiger partial charge < -0.3 is 9.47 Å². The van der Waals surface area contributed by atoms with E-state index in [1.54, 1.807) is 6.07 Å². The maximum Gasteiger partial charge on any atom is 0.269 e. The van der Waals surface area contributed by atoms with Gasteiger partial charge in [0.05, 0.1) is 18.2 Å². The molecule has 0 aliphatic heterocycles. The summed E-state index contributed by atoms with van der Waals surface area (Å²) in [7, 11) is 1.46. The van der Waals surface area contributed by atoms with Crippen molar-refractivity contribution in [3.05, 3.63) is 57.8 Å². The van der Waals surface area contributed by atoms with E-state index >= 15 is 0 Å². The quantitative estimate of drug-likeness (QED) is 0.742. The van der Waals surface area contributed by atoms with E-state index in [9.17, 15) is 14.0 Å². The van der Waals surface area contributed by atoms with Gasteiger partial charge in [-0.1, -0.05) is 0 Å². The number of benzene rings is 2. The molecule has 0 aliphatic rings. The molecule has 0 radical (unpaired) electrons. The molecule has 0 saturated carbocycles. The third kappa shape index (κ3) is 4.69. The lowest BCUT2D eigenvalue weighted by Crippen LogP contribution is -2.41. The summed E-state index contributed by atoms with van der Waals surface area (Å²) in [4.78, 5) is 24.1. The van der Waals surface area contributed by atoms with Crippen LogP contribution >= 0.6 is 15.9 Å². The Kier molecular flexibility index (Phi) is 6.35. The molecule has 8 heteroatoms. The van der Waals surface area contributed by atoms with Gasteiger partial charge in [-0.25, -0.2) is 4.39 Å². The van der Waals surface area contributed by atoms with Crippen LogP contribution in [-0.4, -0.2) is 25.5 Å². The lowest BCUT2D eigenvalue weighted by molar-refractivity contribution is 0.0846. The van der Waals surface area contributed by atoms with Crippen molar-refractivity contribution in [2.24, 2.45) is 0 Å². The van der Waals surface area contributed by atoms with Gasteiger partial charge in [-0.05, 0) is 59.3 Å². The van der Waals surface area contributed by atoms with Crippen LogP contribution in [0.5, 0.6) is 11.5 Å². The fraction of sp³-hybridized carbons (Fsp3) is 0.176. The predicted octanol–water partition coefficient (Wildman–Crippen LogP) is 3.07. The van der Waals surface area contributed by atoms with E-state index in [-0.39, 0.29) is 11.1 Å². The number of hydrogen-bond donors (Lipinski definition) is 2. The molecule has 0 saturated heterocycles. The standard InChI is InChI=1S/C17H16BrFN2O4/c1-3-25-15-13(18)8-11(9-14(15)24-2)17(23)21-20-16(22)10-4-6-12(19)7-5-10/h4-9H,3H2,1-2H3,(H,20,22)(H,21,23). The molecule has 2 N–H and O–H groups in total. The van der Waals surface area contributed by atoms with Crippen molar-refractivity contribution in [3.63, 3.8) is 0 Å². The number of methoxy groups -OCH3 is 1. The minimum Gasteiger partial charge on any atom is -0.493 e. The Labute approximate surface area is 152 Å². The highest BCUT2D eigenvalue weighted by Gasteiger charge is 2.16. The molecule has 0 aromatic heterocycles. The number of hydrazine groups is 1. The van der Waals surface area contributed by atoms with Crippen molar-refractivity contribution >= 4 is 27.7 Å². The summed E-state index contributed by atoms with van der Waals surface area (Å²) >= 11 is 3.32. The number of carbonyl (C=O) groups excluding carboxylic acids is 2. The van der Waals surface area contributed by atoms with Crippen molar-refractivity contribution in [2.75, 3.05) is 13.7 Å². The van der Waals surface area contributed by atoms with Gasteiger partial charge in [0.15, 0.2) is 11.5 Å². The molecule has 2 rings (SSSR count). The van der Waals surface area contributed by atoms with Crippen molar-refractivity contribution in [1.29, 1.82) is 0 Å². The second-order valence-corrected chi connectivity index (χ2v) is 5.69. The Bertz CT molecular complexity index is 781. The molecule has 0 heterocycles. The third-order valence-corrected chi connectivity index (χ3v) is 3.77. The summed E-state index contributed by atoms with van der Waals surface area (Å²) in [6.07, 6.45) is 0. The van der Waals surface area contributed by atoms with E-state index in [1.807, 2.05) is 6.92 Å². The van der Waals surface area contributed by atoms with Crippen LogP contribution in [0.25, 0.3) is 0 Å². The highest BCUT2D eigenvalue weighted by atomic mass is 79.9. The minimum atomic E-state index is -0.565. The molecule has 25 heavy (non-hydrogen) atoms. The monoisotopic (exact) mass is 410 g/mol. The maximum atomic E-state index is 12.9. The Morgan fingerprint density at radius 3 is 2.24 bits per heavy atom. The SMILES string of the molecule is CCOc1c(Br)cc(C(=O)NNC(=O)c2ccc(F)cc2)cc1OC. The predicted molar refractivity (Wildman–Crippen MR) is 93.2 cm³/mol. The zero-order valence-corrected chi connectivity index (χ0v) is 15.1. The molecule has 2 amide bonds. The first-order valence-corrected chi connectivity index (χ1v) is 8.12. The molecular formula is C17H16BrFN2O4. The van der Waals surface area contributed by atoms with Gasteiger partial charge in [-0.15, -0.1) is 0 Å². The molecule has 2 aromatic carbocycles. The summed E-state index contributed by atoms with van der Waals surface area (Å²) in [6.45, 7) is 2.27. The maximum absolute atomic E-state index is 12.9. The molecular weight excluding hydrogens is 395 g/mol. The second kappa shape index (κ2) is 8.48. The van der Waals surface area contributed by atoms with Crippen molar-refractivity contribution in [3.8, 4) is 11.5 Å². The molecule has 0 fully saturated rings. The van der Waals surface area contributed by atoms with Gasteiger partial charge in [-0.3, -0.25) is 20.4 Å². The molecule has 0 bridgehead atoms. The number of rotatable bonds is 5. The van der Waals surface area contributed by atoms with Crippen LogP contribution < -0.4 is 20.3 Å². The Morgan fingerprint density at radius 1 is 1.08 bits per heavy atom. The lowest BCUT2D eigenvalue weighted by Gasteiger charge is -2.13. The van der Waals surface area contributed by atoms with Crippen LogP contribution in [0.2, 0.25) is 0 Å². The molecule has 0 atom stereocenters. The first-order chi connectivity index (χ1) is 12.0. The van der Waals surface area contributed by atoms with E-state index in [2.05, 4.69) is 26.8 Å². The highest BCUT2D eigenvalue weighted by molar-refractivity contribution is 9.10. The fourth-order valence-corrected chi connectivity index (χ4v) is 2.55. The number of ether oxygens (including phenoxy) is 2. The van der Waals surface area contributed by atoms with Crippen LogP contribution in [-0.2, 0) is 0 Å². The number of halogens is 2. The van der Waals surface area contributed by atoms with E-state index in [1.165, 1.54) is 25.3 Å². The van der Waals surface area contributed by atoms with Gasteiger partial charge in [0.1, 0.15) is 5.82 Å². The van der Waals surface area contributed by atoms with Gasteiger partial charge in [0, 0.05) is 11.1 Å². The van der Waals surface area contributed by atoms with Crippen molar-refractivity contribution in [1.82, 2.24) is 10.9 Å². The average Bonchev–Trinajstić information content (AvgIpc) is 2.61. The van der Waals surface area contributed by atoms with Crippen LogP contribution in [0.15, 0.2) is 40.9 Å². The van der Waals surface area contributed by atoms with Gasteiger partial charge in [-0.2, -0.15) is 0 Å². The van der Waals surface area contributed by atoms with Crippen LogP contribution in [0.1, 0.15) is 27.6 Å². The second-order valence-electron chi connectivity index (χ2n) is 4.84. The van der Waals surface area contributed by atoms with E-state index < -0.39 is 17.6 Å². The van der Waals surface area contributed by atoms with E-state index in [4.69, 9.17) is 9.47 Å². The summed E-state index contributed by atoms with van der Waals surface area (Å²) in [5, 5.41) is 0. The summed E-state index contributed by atoms with van der Waals surface area (Å²) < 4.78 is 24.1. The Hall–Kier alpha value is -2.61. The molecule has 0 aliphatic carbocycles. The highest BCUT2D eigenvalue weighted by Crippen LogP contribution is 2.36. The van der Waals surface area contributed by atoms with Crippen molar-refractivity contribution < 1.29 is 23.5 Å². The van der Waals surface area contributed by atoms with E-state index in [0.29, 0.717) is 22.6 Å². The first kappa shape index (κ1) is 18.7. The topological polar surface area (TPSA) is 76.7 Å². The molecule has 2 aromatic rings. The van der Waals surface area contributed by atoms with Crippen LogP contribution in [0, 0.1) is 5.82 Å². The van der Waals surface area contributed by atoms with Gasteiger partial charge in [0.25, 0.3) is 11.8 Å². The van der Waals surface area contributed by atoms with Gasteiger partial charge >= 0.3 is 0 Å². The van der Waals surface area contributed by atoms with Gasteiger partial charge in [0.2, 0.25) is 0 Å². The Balaban J connectivity index is 2.09. The lowest BCUT2D eigenvalue weighted by atomic mass is 10.2. The van der Waals surface area contributed by atoms with Crippen LogP contribution in [0.3, 0.4) is 0 Å². The first-order valence-electron chi connectivity index (χ1n) is 7.32. The third-order valence-electron chi connectivity index (χ3n) is 3.18. The fourth-order valence-electron chi connectivity index (χ4n) is 1.99. The zero-order valence-electron chi connectivity index (χ0n) is 13.6.